The van der Waals surface area contributed by atoms with Crippen LogP contribution in [0.5, 0.6) is 0 Å². The van der Waals surface area contributed by atoms with E-state index in [1.165, 1.54) is 38.9 Å². The van der Waals surface area contributed by atoms with Crippen molar-refractivity contribution in [1.82, 2.24) is 9.80 Å². The van der Waals surface area contributed by atoms with Gasteiger partial charge in [0.15, 0.2) is 0 Å². The van der Waals surface area contributed by atoms with Gasteiger partial charge in [0, 0.05) is 24.7 Å². The van der Waals surface area contributed by atoms with Crippen molar-refractivity contribution in [2.24, 2.45) is 11.1 Å². The number of fused-ring (bicyclic) bond motifs is 2. The molecule has 2 rings (SSSR count). The zero-order valence-electron chi connectivity index (χ0n) is 12.7. The van der Waals surface area contributed by atoms with E-state index in [0.29, 0.717) is 6.04 Å². The lowest BCUT2D eigenvalue weighted by molar-refractivity contribution is 0.201. The minimum absolute atomic E-state index is 0.238. The fourth-order valence-electron chi connectivity index (χ4n) is 3.34. The van der Waals surface area contributed by atoms with Gasteiger partial charge in [0.2, 0.25) is 0 Å². The molecule has 0 saturated carbocycles. The predicted molar refractivity (Wildman–Crippen MR) is 77.7 cm³/mol. The van der Waals surface area contributed by atoms with E-state index in [4.69, 9.17) is 5.73 Å². The lowest BCUT2D eigenvalue weighted by Crippen LogP contribution is -2.41. The monoisotopic (exact) mass is 253 g/mol. The summed E-state index contributed by atoms with van der Waals surface area (Å²) in [6.45, 7) is 10.4. The third-order valence-corrected chi connectivity index (χ3v) is 5.10. The standard InChI is InChI=1S/C15H31N3/c1-15(2,3)14(16)8-10-18-9-7-12-5-6-13(11-18)17(12)4/h12-14H,5-11,16H2,1-4H3. The largest absolute Gasteiger partial charge is 0.327 e. The Morgan fingerprint density at radius 2 is 1.83 bits per heavy atom. The van der Waals surface area contributed by atoms with Crippen molar-refractivity contribution in [3.05, 3.63) is 0 Å². The van der Waals surface area contributed by atoms with Gasteiger partial charge in [-0.25, -0.2) is 0 Å². The number of hydrogen-bond acceptors (Lipinski definition) is 3. The molecule has 0 amide bonds. The van der Waals surface area contributed by atoms with Gasteiger partial charge in [0.25, 0.3) is 0 Å². The molecule has 2 fully saturated rings. The molecule has 2 saturated heterocycles. The van der Waals surface area contributed by atoms with Gasteiger partial charge in [-0.15, -0.1) is 0 Å². The summed E-state index contributed by atoms with van der Waals surface area (Å²) in [7, 11) is 2.31. The molecule has 3 heteroatoms. The summed E-state index contributed by atoms with van der Waals surface area (Å²) in [5, 5.41) is 0. The van der Waals surface area contributed by atoms with Crippen molar-refractivity contribution in [2.75, 3.05) is 26.7 Å². The molecule has 2 aliphatic rings. The van der Waals surface area contributed by atoms with E-state index in [1.807, 2.05) is 0 Å². The van der Waals surface area contributed by atoms with Crippen LogP contribution in [0, 0.1) is 5.41 Å². The first-order chi connectivity index (χ1) is 8.38. The Hall–Kier alpha value is -0.120. The normalized spacial score (nSPS) is 32.5. The van der Waals surface area contributed by atoms with E-state index in [1.54, 1.807) is 0 Å². The number of nitrogens with zero attached hydrogens (tertiary/aromatic N) is 2. The number of likely N-dealkylation sites (tertiary alicyclic amines) is 1. The zero-order chi connectivity index (χ0) is 13.3. The Labute approximate surface area is 113 Å². The van der Waals surface area contributed by atoms with E-state index in [9.17, 15) is 0 Å². The molecule has 106 valence electrons. The second-order valence-electron chi connectivity index (χ2n) is 7.40. The van der Waals surface area contributed by atoms with E-state index < -0.39 is 0 Å². The Bertz CT molecular complexity index is 271. The summed E-state index contributed by atoms with van der Waals surface area (Å²) in [6, 6.07) is 1.95. The Kier molecular flexibility index (Phi) is 4.35. The van der Waals surface area contributed by atoms with Crippen LogP contribution < -0.4 is 5.73 Å². The topological polar surface area (TPSA) is 32.5 Å². The van der Waals surface area contributed by atoms with Crippen molar-refractivity contribution in [3.8, 4) is 0 Å². The third kappa shape index (κ3) is 3.25. The lowest BCUT2D eigenvalue weighted by Gasteiger charge is -2.31. The highest BCUT2D eigenvalue weighted by molar-refractivity contribution is 4.91. The highest BCUT2D eigenvalue weighted by atomic mass is 15.3. The van der Waals surface area contributed by atoms with Gasteiger partial charge in [0.05, 0.1) is 0 Å². The summed E-state index contributed by atoms with van der Waals surface area (Å²) in [5.74, 6) is 0. The number of nitrogens with two attached hydrogens (primary N) is 1. The van der Waals surface area contributed by atoms with Gasteiger partial charge < -0.3 is 10.6 Å². The van der Waals surface area contributed by atoms with E-state index >= 15 is 0 Å². The second kappa shape index (κ2) is 5.48. The van der Waals surface area contributed by atoms with Gasteiger partial charge in [-0.05, 0) is 51.2 Å². The first-order valence-corrected chi connectivity index (χ1v) is 7.58. The van der Waals surface area contributed by atoms with Crippen LogP contribution >= 0.6 is 0 Å². The van der Waals surface area contributed by atoms with Crippen molar-refractivity contribution < 1.29 is 0 Å². The average Bonchev–Trinajstić information content (AvgIpc) is 2.50. The minimum Gasteiger partial charge on any atom is -0.327 e. The zero-order valence-corrected chi connectivity index (χ0v) is 12.7. The quantitative estimate of drug-likeness (QED) is 0.834. The first kappa shape index (κ1) is 14.3. The molecule has 0 aliphatic carbocycles. The van der Waals surface area contributed by atoms with Crippen LogP contribution in [-0.2, 0) is 0 Å². The van der Waals surface area contributed by atoms with Crippen LogP contribution in [0.4, 0.5) is 0 Å². The molecule has 3 atom stereocenters. The van der Waals surface area contributed by atoms with Crippen LogP contribution in [-0.4, -0.2) is 54.6 Å². The van der Waals surface area contributed by atoms with Crippen LogP contribution in [0.2, 0.25) is 0 Å². The number of likely N-dealkylation sites (N-methyl/N-ethyl adjacent to an activating group) is 1. The molecule has 2 aliphatic heterocycles. The predicted octanol–water partition coefficient (Wildman–Crippen LogP) is 1.92. The summed E-state index contributed by atoms with van der Waals surface area (Å²) in [4.78, 5) is 5.26. The second-order valence-corrected chi connectivity index (χ2v) is 7.40. The van der Waals surface area contributed by atoms with Crippen LogP contribution in [0.25, 0.3) is 0 Å². The molecular formula is C15H31N3. The Balaban J connectivity index is 1.81. The molecule has 3 nitrogen and oxygen atoms in total. The molecule has 0 radical (unpaired) electrons. The Morgan fingerprint density at radius 1 is 1.17 bits per heavy atom. The number of rotatable bonds is 3. The maximum atomic E-state index is 6.27. The highest BCUT2D eigenvalue weighted by Crippen LogP contribution is 2.29. The molecule has 3 unspecified atom stereocenters. The molecule has 0 aromatic carbocycles. The first-order valence-electron chi connectivity index (χ1n) is 7.58. The van der Waals surface area contributed by atoms with E-state index in [0.717, 1.165) is 18.5 Å². The van der Waals surface area contributed by atoms with Crippen molar-refractivity contribution in [2.45, 2.75) is 64.6 Å². The fourth-order valence-corrected chi connectivity index (χ4v) is 3.34. The lowest BCUT2D eigenvalue weighted by atomic mass is 9.85. The summed E-state index contributed by atoms with van der Waals surface area (Å²) in [5.41, 5.74) is 6.51. The maximum absolute atomic E-state index is 6.27. The van der Waals surface area contributed by atoms with Crippen LogP contribution in [0.15, 0.2) is 0 Å². The van der Waals surface area contributed by atoms with Gasteiger partial charge in [-0.3, -0.25) is 4.90 Å². The Morgan fingerprint density at radius 3 is 2.50 bits per heavy atom. The molecular weight excluding hydrogens is 222 g/mol. The molecule has 2 N–H and O–H groups in total. The maximum Gasteiger partial charge on any atom is 0.0223 e. The third-order valence-electron chi connectivity index (χ3n) is 5.10. The molecule has 0 aromatic heterocycles. The molecule has 2 bridgehead atoms. The smallest absolute Gasteiger partial charge is 0.0223 e. The van der Waals surface area contributed by atoms with Gasteiger partial charge in [0.1, 0.15) is 0 Å². The SMILES string of the molecule is CN1C2CCC1CN(CCC(N)C(C)(C)C)CC2. The van der Waals surface area contributed by atoms with Crippen molar-refractivity contribution >= 4 is 0 Å². The van der Waals surface area contributed by atoms with E-state index in [-0.39, 0.29) is 5.41 Å². The van der Waals surface area contributed by atoms with Crippen LogP contribution in [0.1, 0.15) is 46.5 Å². The molecule has 0 aromatic rings. The molecule has 18 heavy (non-hydrogen) atoms. The molecule has 0 spiro atoms. The van der Waals surface area contributed by atoms with Crippen LogP contribution in [0.3, 0.4) is 0 Å². The van der Waals surface area contributed by atoms with Gasteiger partial charge in [-0.1, -0.05) is 20.8 Å². The minimum atomic E-state index is 0.238. The summed E-state index contributed by atoms with van der Waals surface area (Å²) < 4.78 is 0. The average molecular weight is 253 g/mol. The summed E-state index contributed by atoms with van der Waals surface area (Å²) in [6.07, 6.45) is 5.28. The highest BCUT2D eigenvalue weighted by Gasteiger charge is 2.34. The van der Waals surface area contributed by atoms with Crippen molar-refractivity contribution in [3.63, 3.8) is 0 Å². The number of hydrogen-bond donors (Lipinski definition) is 1. The van der Waals surface area contributed by atoms with Gasteiger partial charge in [-0.2, -0.15) is 0 Å². The molecule has 2 heterocycles. The summed E-state index contributed by atoms with van der Waals surface area (Å²) >= 11 is 0. The van der Waals surface area contributed by atoms with Gasteiger partial charge >= 0.3 is 0 Å². The van der Waals surface area contributed by atoms with E-state index in [2.05, 4.69) is 37.6 Å². The fraction of sp³-hybridized carbons (Fsp3) is 1.00. The van der Waals surface area contributed by atoms with Crippen molar-refractivity contribution in [1.29, 1.82) is 0 Å².